The quantitative estimate of drug-likeness (QED) is 0.723. The molecule has 8 heteroatoms. The minimum atomic E-state index is -3.49. The smallest absolute Gasteiger partial charge is 0.255 e. The van der Waals surface area contributed by atoms with Gasteiger partial charge in [0.25, 0.3) is 5.91 Å². The zero-order chi connectivity index (χ0) is 18.9. The number of carbonyl (C=O) groups excluding carboxylic acids is 1. The molecule has 1 saturated heterocycles. The molecule has 0 atom stereocenters. The monoisotopic (exact) mass is 401 g/mol. The van der Waals surface area contributed by atoms with Gasteiger partial charge in [-0.2, -0.15) is 4.31 Å². The number of piperidine rings is 1. The molecule has 0 spiro atoms. The fourth-order valence-corrected chi connectivity index (χ4v) is 5.40. The van der Waals surface area contributed by atoms with Gasteiger partial charge in [-0.1, -0.05) is 6.42 Å². The van der Waals surface area contributed by atoms with Crippen LogP contribution in [0, 0.1) is 0 Å². The molecule has 1 aliphatic rings. The molecule has 6 nitrogen and oxygen atoms in total. The number of amides is 1. The number of anilines is 1. The van der Waals surface area contributed by atoms with E-state index < -0.39 is 10.0 Å². The first-order valence-corrected chi connectivity index (χ1v) is 11.1. The summed E-state index contributed by atoms with van der Waals surface area (Å²) in [5.74, 6) is -0.277. The van der Waals surface area contributed by atoms with Crippen molar-refractivity contribution in [1.82, 2.24) is 9.29 Å². The van der Waals surface area contributed by atoms with Crippen molar-refractivity contribution in [3.8, 4) is 0 Å². The molecule has 0 bridgehead atoms. The number of nitrogens with one attached hydrogen (secondary N) is 1. The fourth-order valence-electron chi connectivity index (χ4n) is 3.17. The molecule has 0 aliphatic carbocycles. The van der Waals surface area contributed by atoms with E-state index in [0.717, 1.165) is 29.5 Å². The third-order valence-electron chi connectivity index (χ3n) is 4.66. The molecule has 1 aliphatic heterocycles. The zero-order valence-electron chi connectivity index (χ0n) is 14.6. The third-order valence-corrected chi connectivity index (χ3v) is 7.36. The van der Waals surface area contributed by atoms with Crippen LogP contribution in [0.15, 0.2) is 52.9 Å². The highest BCUT2D eigenvalue weighted by molar-refractivity contribution is 7.89. The lowest BCUT2D eigenvalue weighted by Crippen LogP contribution is -2.35. The Morgan fingerprint density at radius 3 is 2.52 bits per heavy atom. The summed E-state index contributed by atoms with van der Waals surface area (Å²) in [6, 6.07) is 11.6. The predicted octanol–water partition coefficient (Wildman–Crippen LogP) is 3.72. The van der Waals surface area contributed by atoms with Gasteiger partial charge in [-0.15, -0.1) is 11.3 Å². The van der Waals surface area contributed by atoms with Crippen molar-refractivity contribution in [1.29, 1.82) is 0 Å². The highest BCUT2D eigenvalue weighted by Crippen LogP contribution is 2.23. The number of thiazole rings is 1. The Balaban J connectivity index is 1.50. The van der Waals surface area contributed by atoms with Crippen LogP contribution in [-0.2, 0) is 10.0 Å². The van der Waals surface area contributed by atoms with Crippen molar-refractivity contribution in [2.45, 2.75) is 24.2 Å². The second kappa shape index (κ2) is 7.38. The largest absolute Gasteiger partial charge is 0.322 e. The number of aromatic nitrogens is 1. The van der Waals surface area contributed by atoms with Crippen molar-refractivity contribution in [3.05, 3.63) is 53.5 Å². The second-order valence-corrected chi connectivity index (χ2v) is 9.30. The Bertz CT molecular complexity index is 1070. The minimum absolute atomic E-state index is 0.229. The molecule has 1 fully saturated rings. The second-order valence-electron chi connectivity index (χ2n) is 6.48. The van der Waals surface area contributed by atoms with Gasteiger partial charge in [-0.25, -0.2) is 13.4 Å². The van der Waals surface area contributed by atoms with Gasteiger partial charge in [0.05, 0.1) is 20.6 Å². The van der Waals surface area contributed by atoms with Gasteiger partial charge in [0, 0.05) is 24.3 Å². The van der Waals surface area contributed by atoms with Crippen molar-refractivity contribution in [2.24, 2.45) is 0 Å². The summed E-state index contributed by atoms with van der Waals surface area (Å²) in [6.07, 6.45) is 2.85. The Kier molecular flexibility index (Phi) is 4.94. The number of carbonyl (C=O) groups is 1. The van der Waals surface area contributed by atoms with Gasteiger partial charge in [-0.3, -0.25) is 4.79 Å². The number of rotatable bonds is 4. The van der Waals surface area contributed by atoms with Gasteiger partial charge < -0.3 is 5.32 Å². The third kappa shape index (κ3) is 3.73. The summed E-state index contributed by atoms with van der Waals surface area (Å²) in [4.78, 5) is 16.9. The summed E-state index contributed by atoms with van der Waals surface area (Å²) >= 11 is 1.51. The van der Waals surface area contributed by atoms with Gasteiger partial charge >= 0.3 is 0 Å². The predicted molar refractivity (Wildman–Crippen MR) is 107 cm³/mol. The lowest BCUT2D eigenvalue weighted by atomic mass is 10.2. The maximum Gasteiger partial charge on any atom is 0.255 e. The SMILES string of the molecule is O=C(Nc1ccc2ncsc2c1)c1ccc(S(=O)(=O)N2CCCCC2)cc1. The Labute approximate surface area is 161 Å². The highest BCUT2D eigenvalue weighted by Gasteiger charge is 2.25. The molecule has 0 radical (unpaired) electrons. The molecule has 2 heterocycles. The average molecular weight is 402 g/mol. The maximum atomic E-state index is 12.7. The van der Waals surface area contributed by atoms with Gasteiger partial charge in [0.2, 0.25) is 10.0 Å². The Hall–Kier alpha value is -2.29. The topological polar surface area (TPSA) is 79.4 Å². The molecule has 1 aromatic heterocycles. The molecular weight excluding hydrogens is 382 g/mol. The van der Waals surface area contributed by atoms with E-state index in [0.29, 0.717) is 24.3 Å². The van der Waals surface area contributed by atoms with E-state index in [4.69, 9.17) is 0 Å². The minimum Gasteiger partial charge on any atom is -0.322 e. The normalized spacial score (nSPS) is 15.7. The van der Waals surface area contributed by atoms with Gasteiger partial charge in [-0.05, 0) is 55.3 Å². The average Bonchev–Trinajstić information content (AvgIpc) is 3.16. The fraction of sp³-hybridized carbons (Fsp3) is 0.263. The molecule has 3 aromatic rings. The van der Waals surface area contributed by atoms with E-state index in [-0.39, 0.29) is 10.8 Å². The van der Waals surface area contributed by atoms with E-state index in [1.165, 1.54) is 27.8 Å². The van der Waals surface area contributed by atoms with Crippen molar-refractivity contribution in [2.75, 3.05) is 18.4 Å². The van der Waals surface area contributed by atoms with E-state index in [2.05, 4.69) is 10.3 Å². The first kappa shape index (κ1) is 18.1. The number of benzene rings is 2. The van der Waals surface area contributed by atoms with Crippen LogP contribution in [0.25, 0.3) is 10.2 Å². The first-order valence-electron chi connectivity index (χ1n) is 8.79. The number of sulfonamides is 1. The van der Waals surface area contributed by atoms with Gasteiger partial charge in [0.15, 0.2) is 0 Å². The van der Waals surface area contributed by atoms with Crippen LogP contribution in [-0.4, -0.2) is 36.7 Å². The maximum absolute atomic E-state index is 12.7. The Morgan fingerprint density at radius 2 is 1.78 bits per heavy atom. The van der Waals surface area contributed by atoms with E-state index in [1.54, 1.807) is 23.7 Å². The van der Waals surface area contributed by atoms with E-state index >= 15 is 0 Å². The van der Waals surface area contributed by atoms with Crippen LogP contribution in [0.2, 0.25) is 0 Å². The zero-order valence-corrected chi connectivity index (χ0v) is 16.2. The standard InChI is InChI=1S/C19H19N3O3S2/c23-19(21-15-6-9-17-18(12-15)26-13-20-17)14-4-7-16(8-5-14)27(24,25)22-10-2-1-3-11-22/h4-9,12-13H,1-3,10-11H2,(H,21,23). The van der Waals surface area contributed by atoms with Crippen molar-refractivity contribution in [3.63, 3.8) is 0 Å². The number of nitrogens with zero attached hydrogens (tertiary/aromatic N) is 2. The first-order chi connectivity index (χ1) is 13.0. The number of hydrogen-bond acceptors (Lipinski definition) is 5. The van der Waals surface area contributed by atoms with Crippen molar-refractivity contribution < 1.29 is 13.2 Å². The van der Waals surface area contributed by atoms with Crippen LogP contribution < -0.4 is 5.32 Å². The molecule has 140 valence electrons. The van der Waals surface area contributed by atoms with Crippen molar-refractivity contribution >= 4 is 43.2 Å². The van der Waals surface area contributed by atoms with Crippen LogP contribution in [0.3, 0.4) is 0 Å². The lowest BCUT2D eigenvalue weighted by molar-refractivity contribution is 0.102. The highest BCUT2D eigenvalue weighted by atomic mass is 32.2. The molecule has 0 saturated carbocycles. The lowest BCUT2D eigenvalue weighted by Gasteiger charge is -2.25. The summed E-state index contributed by atoms with van der Waals surface area (Å²) in [7, 11) is -3.49. The molecule has 2 aromatic carbocycles. The molecular formula is C19H19N3O3S2. The molecule has 27 heavy (non-hydrogen) atoms. The number of fused-ring (bicyclic) bond motifs is 1. The van der Waals surface area contributed by atoms with Crippen LogP contribution in [0.4, 0.5) is 5.69 Å². The molecule has 4 rings (SSSR count). The summed E-state index contributed by atoms with van der Waals surface area (Å²) < 4.78 is 27.9. The summed E-state index contributed by atoms with van der Waals surface area (Å²) in [5, 5.41) is 2.84. The van der Waals surface area contributed by atoms with Crippen LogP contribution in [0.1, 0.15) is 29.6 Å². The van der Waals surface area contributed by atoms with Crippen LogP contribution in [0.5, 0.6) is 0 Å². The van der Waals surface area contributed by atoms with Crippen LogP contribution >= 0.6 is 11.3 Å². The molecule has 1 amide bonds. The van der Waals surface area contributed by atoms with Gasteiger partial charge in [0.1, 0.15) is 0 Å². The van der Waals surface area contributed by atoms with E-state index in [9.17, 15) is 13.2 Å². The van der Waals surface area contributed by atoms with E-state index in [1.807, 2.05) is 12.1 Å². The Morgan fingerprint density at radius 1 is 1.04 bits per heavy atom. The number of hydrogen-bond donors (Lipinski definition) is 1. The summed E-state index contributed by atoms with van der Waals surface area (Å²) in [6.45, 7) is 1.12. The molecule has 1 N–H and O–H groups in total. The molecule has 0 unspecified atom stereocenters. The summed E-state index contributed by atoms with van der Waals surface area (Å²) in [5.41, 5.74) is 3.75.